The fourth-order valence-electron chi connectivity index (χ4n) is 1.96. The molecule has 0 aromatic heterocycles. The zero-order chi connectivity index (χ0) is 19.9. The maximum atomic E-state index is 13.4. The van der Waals surface area contributed by atoms with Crippen LogP contribution in [-0.2, 0) is 6.54 Å². The van der Waals surface area contributed by atoms with E-state index < -0.39 is 18.0 Å². The van der Waals surface area contributed by atoms with Gasteiger partial charge in [0.05, 0.1) is 13.1 Å². The van der Waals surface area contributed by atoms with Gasteiger partial charge >= 0.3 is 6.36 Å². The highest BCUT2D eigenvalue weighted by Gasteiger charge is 2.30. The number of guanidine groups is 1. The number of nitrogens with one attached hydrogen (secondary N) is 1. The summed E-state index contributed by atoms with van der Waals surface area (Å²) in [7, 11) is 0. The third kappa shape index (κ3) is 8.59. The lowest BCUT2D eigenvalue weighted by atomic mass is 10.2. The van der Waals surface area contributed by atoms with Crippen LogP contribution < -0.4 is 20.5 Å². The van der Waals surface area contributed by atoms with E-state index in [0.717, 1.165) is 6.07 Å². The predicted octanol–water partition coefficient (Wildman–Crippen LogP) is 3.96. The molecule has 0 heterocycles. The maximum absolute atomic E-state index is 13.4. The molecule has 2 rings (SSSR count). The number of alkyl halides is 3. The Morgan fingerprint density at radius 1 is 1.07 bits per heavy atom. The second-order valence-electron chi connectivity index (χ2n) is 5.24. The molecule has 0 radical (unpaired) electrons. The van der Waals surface area contributed by atoms with Gasteiger partial charge in [0.25, 0.3) is 0 Å². The molecule has 0 aliphatic carbocycles. The van der Waals surface area contributed by atoms with Crippen LogP contribution in [0.15, 0.2) is 47.5 Å². The molecule has 5 nitrogen and oxygen atoms in total. The first-order chi connectivity index (χ1) is 12.7. The van der Waals surface area contributed by atoms with E-state index in [0.29, 0.717) is 11.6 Å². The van der Waals surface area contributed by atoms with Gasteiger partial charge in [-0.2, -0.15) is 0 Å². The number of aliphatic imine (C=N–C) groups is 1. The van der Waals surface area contributed by atoms with Crippen LogP contribution in [0.1, 0.15) is 5.56 Å². The lowest BCUT2D eigenvalue weighted by Gasteiger charge is -2.09. The number of rotatable bonds is 7. The van der Waals surface area contributed by atoms with Crippen LogP contribution in [0, 0.1) is 11.6 Å². The normalized spacial score (nSPS) is 11.5. The van der Waals surface area contributed by atoms with Crippen LogP contribution in [0.5, 0.6) is 11.5 Å². The van der Waals surface area contributed by atoms with Crippen molar-refractivity contribution in [2.75, 3.05) is 13.2 Å². The zero-order valence-electron chi connectivity index (χ0n) is 14.3. The van der Waals surface area contributed by atoms with E-state index in [-0.39, 0.29) is 61.1 Å². The van der Waals surface area contributed by atoms with Gasteiger partial charge in [-0.3, -0.25) is 0 Å². The Bertz CT molecular complexity index is 785. The van der Waals surface area contributed by atoms with Crippen LogP contribution in [0.25, 0.3) is 0 Å². The Balaban J connectivity index is 0.00000392. The van der Waals surface area contributed by atoms with Crippen molar-refractivity contribution in [1.82, 2.24) is 5.32 Å². The number of benzene rings is 2. The second-order valence-corrected chi connectivity index (χ2v) is 5.24. The topological polar surface area (TPSA) is 68.9 Å². The molecule has 0 unspecified atom stereocenters. The van der Waals surface area contributed by atoms with E-state index in [9.17, 15) is 22.0 Å². The molecular formula is C17H17F5IN3O2. The van der Waals surface area contributed by atoms with Crippen molar-refractivity contribution in [1.29, 1.82) is 0 Å². The third-order valence-electron chi connectivity index (χ3n) is 3.15. The summed E-state index contributed by atoms with van der Waals surface area (Å²) >= 11 is 0. The van der Waals surface area contributed by atoms with Gasteiger partial charge < -0.3 is 20.5 Å². The van der Waals surface area contributed by atoms with Crippen LogP contribution >= 0.6 is 24.0 Å². The molecule has 2 aromatic rings. The maximum Gasteiger partial charge on any atom is 0.573 e. The average Bonchev–Trinajstić information content (AvgIpc) is 2.58. The number of hydrogen-bond donors (Lipinski definition) is 2. The fraction of sp³-hybridized carbons (Fsp3) is 0.235. The largest absolute Gasteiger partial charge is 0.573 e. The van der Waals surface area contributed by atoms with Crippen molar-refractivity contribution in [2.24, 2.45) is 10.7 Å². The molecule has 0 aliphatic rings. The molecule has 0 saturated carbocycles. The predicted molar refractivity (Wildman–Crippen MR) is 104 cm³/mol. The highest BCUT2D eigenvalue weighted by molar-refractivity contribution is 14.0. The number of ether oxygens (including phenoxy) is 2. The summed E-state index contributed by atoms with van der Waals surface area (Å²) in [5.41, 5.74) is 6.27. The molecule has 3 N–H and O–H groups in total. The Morgan fingerprint density at radius 2 is 1.75 bits per heavy atom. The van der Waals surface area contributed by atoms with Crippen molar-refractivity contribution in [2.45, 2.75) is 12.9 Å². The van der Waals surface area contributed by atoms with Gasteiger partial charge in [-0.25, -0.2) is 13.8 Å². The van der Waals surface area contributed by atoms with Gasteiger partial charge in [0, 0.05) is 6.07 Å². The molecule has 0 aliphatic heterocycles. The summed E-state index contributed by atoms with van der Waals surface area (Å²) in [6, 6.07) is 8.17. The Hall–Kier alpha value is -2.31. The molecular weight excluding hydrogens is 500 g/mol. The van der Waals surface area contributed by atoms with Gasteiger partial charge in [0.2, 0.25) is 0 Å². The minimum absolute atomic E-state index is 0. The van der Waals surface area contributed by atoms with E-state index in [4.69, 9.17) is 10.5 Å². The SMILES string of the molecule is I.NC(=NCc1ccc(OC(F)(F)F)cc1)NCCOc1ccc(F)cc1F. The molecule has 0 bridgehead atoms. The van der Waals surface area contributed by atoms with Crippen molar-refractivity contribution in [3.63, 3.8) is 0 Å². The summed E-state index contributed by atoms with van der Waals surface area (Å²) in [6.07, 6.45) is -4.74. The second kappa shape index (κ2) is 10.9. The molecule has 0 spiro atoms. The summed E-state index contributed by atoms with van der Waals surface area (Å²) in [6.45, 7) is 0.408. The smallest absolute Gasteiger partial charge is 0.489 e. The fourth-order valence-corrected chi connectivity index (χ4v) is 1.96. The van der Waals surface area contributed by atoms with E-state index in [1.807, 2.05) is 0 Å². The van der Waals surface area contributed by atoms with Crippen molar-refractivity contribution in [3.05, 3.63) is 59.7 Å². The standard InChI is InChI=1S/C17H16F5N3O2.HI/c18-12-3-6-15(14(19)9-12)26-8-7-24-16(23)25-10-11-1-4-13(5-2-11)27-17(20,21)22;/h1-6,9H,7-8,10H2,(H3,23,24,25);1H. The van der Waals surface area contributed by atoms with Crippen LogP contribution in [0.4, 0.5) is 22.0 Å². The Labute approximate surface area is 174 Å². The van der Waals surface area contributed by atoms with Gasteiger partial charge in [0.1, 0.15) is 18.2 Å². The molecule has 0 fully saturated rings. The van der Waals surface area contributed by atoms with Crippen molar-refractivity contribution < 1.29 is 31.4 Å². The average molecular weight is 517 g/mol. The lowest BCUT2D eigenvalue weighted by molar-refractivity contribution is -0.274. The highest BCUT2D eigenvalue weighted by Crippen LogP contribution is 2.22. The van der Waals surface area contributed by atoms with E-state index in [1.54, 1.807) is 0 Å². The molecule has 154 valence electrons. The monoisotopic (exact) mass is 517 g/mol. The van der Waals surface area contributed by atoms with Gasteiger partial charge in [-0.15, -0.1) is 37.1 Å². The zero-order valence-corrected chi connectivity index (χ0v) is 16.6. The third-order valence-corrected chi connectivity index (χ3v) is 3.15. The number of nitrogens with zero attached hydrogens (tertiary/aromatic N) is 1. The summed E-state index contributed by atoms with van der Waals surface area (Å²) in [5, 5.41) is 2.73. The molecule has 0 atom stereocenters. The number of hydrogen-bond acceptors (Lipinski definition) is 3. The lowest BCUT2D eigenvalue weighted by Crippen LogP contribution is -2.34. The first-order valence-corrected chi connectivity index (χ1v) is 7.69. The first kappa shape index (κ1) is 23.7. The molecule has 0 saturated heterocycles. The van der Waals surface area contributed by atoms with Gasteiger partial charge in [0.15, 0.2) is 17.5 Å². The highest BCUT2D eigenvalue weighted by atomic mass is 127. The summed E-state index contributed by atoms with van der Waals surface area (Å²) < 4.78 is 71.3. The Kier molecular flexibility index (Phi) is 9.22. The minimum atomic E-state index is -4.74. The number of halogens is 6. The van der Waals surface area contributed by atoms with Gasteiger partial charge in [-0.1, -0.05) is 12.1 Å². The molecule has 28 heavy (non-hydrogen) atoms. The minimum Gasteiger partial charge on any atom is -0.489 e. The van der Waals surface area contributed by atoms with E-state index in [2.05, 4.69) is 15.0 Å². The quantitative estimate of drug-likeness (QED) is 0.192. The van der Waals surface area contributed by atoms with Crippen LogP contribution in [0.2, 0.25) is 0 Å². The van der Waals surface area contributed by atoms with E-state index >= 15 is 0 Å². The number of nitrogens with two attached hydrogens (primary N) is 1. The summed E-state index contributed by atoms with van der Waals surface area (Å²) in [4.78, 5) is 4.01. The first-order valence-electron chi connectivity index (χ1n) is 7.69. The molecule has 11 heteroatoms. The molecule has 2 aromatic carbocycles. The molecule has 0 amide bonds. The van der Waals surface area contributed by atoms with Crippen LogP contribution in [0.3, 0.4) is 0 Å². The van der Waals surface area contributed by atoms with Crippen molar-refractivity contribution >= 4 is 29.9 Å². The van der Waals surface area contributed by atoms with Crippen LogP contribution in [-0.4, -0.2) is 25.5 Å². The van der Waals surface area contributed by atoms with Crippen molar-refractivity contribution in [3.8, 4) is 11.5 Å². The van der Waals surface area contributed by atoms with Gasteiger partial charge in [-0.05, 0) is 29.8 Å². The Morgan fingerprint density at radius 3 is 2.36 bits per heavy atom. The van der Waals surface area contributed by atoms with E-state index in [1.165, 1.54) is 30.3 Å². The summed E-state index contributed by atoms with van der Waals surface area (Å²) in [5.74, 6) is -1.85.